The summed E-state index contributed by atoms with van der Waals surface area (Å²) in [7, 11) is 0. The van der Waals surface area contributed by atoms with Crippen LogP contribution in [-0.2, 0) is 6.54 Å². The Labute approximate surface area is 92.1 Å². The van der Waals surface area contributed by atoms with Crippen molar-refractivity contribution in [3.8, 4) is 0 Å². The lowest BCUT2D eigenvalue weighted by Crippen LogP contribution is -1.94. The Morgan fingerprint density at radius 3 is 3.00 bits per heavy atom. The maximum atomic E-state index is 5.90. The molecule has 15 heavy (non-hydrogen) atoms. The van der Waals surface area contributed by atoms with Crippen molar-refractivity contribution in [1.29, 1.82) is 0 Å². The molecule has 6 heteroatoms. The molecule has 0 amide bonds. The van der Waals surface area contributed by atoms with Crippen LogP contribution >= 0.6 is 11.6 Å². The maximum Gasteiger partial charge on any atom is 0.152 e. The highest BCUT2D eigenvalue weighted by atomic mass is 35.5. The van der Waals surface area contributed by atoms with Gasteiger partial charge in [-0.15, -0.1) is 0 Å². The van der Waals surface area contributed by atoms with Gasteiger partial charge in [0.1, 0.15) is 11.3 Å². The van der Waals surface area contributed by atoms with Gasteiger partial charge in [-0.25, -0.2) is 9.97 Å². The molecule has 0 aliphatic carbocycles. The highest BCUT2D eigenvalue weighted by molar-refractivity contribution is 6.32. The Bertz CT molecular complexity index is 453. The van der Waals surface area contributed by atoms with E-state index in [1.807, 2.05) is 17.8 Å². The van der Waals surface area contributed by atoms with E-state index in [1.54, 1.807) is 12.4 Å². The van der Waals surface area contributed by atoms with Crippen LogP contribution in [0.2, 0.25) is 5.02 Å². The van der Waals surface area contributed by atoms with E-state index in [0.717, 1.165) is 12.2 Å². The summed E-state index contributed by atoms with van der Waals surface area (Å²) in [5, 5.41) is 7.68. The minimum atomic E-state index is 0.488. The summed E-state index contributed by atoms with van der Waals surface area (Å²) >= 11 is 5.90. The second-order valence-electron chi connectivity index (χ2n) is 2.93. The second-order valence-corrected chi connectivity index (χ2v) is 3.34. The van der Waals surface area contributed by atoms with Crippen molar-refractivity contribution in [3.05, 3.63) is 29.9 Å². The molecule has 0 atom stereocenters. The van der Waals surface area contributed by atoms with Gasteiger partial charge >= 0.3 is 0 Å². The van der Waals surface area contributed by atoms with E-state index in [0.29, 0.717) is 10.8 Å². The topological polar surface area (TPSA) is 55.6 Å². The first-order valence-electron chi connectivity index (χ1n) is 4.54. The molecule has 0 saturated heterocycles. The minimum Gasteiger partial charge on any atom is -0.336 e. The average molecular weight is 224 g/mol. The number of aromatic nitrogens is 4. The molecule has 78 valence electrons. The molecular formula is C9H10ClN5. The van der Waals surface area contributed by atoms with Gasteiger partial charge in [-0.05, 0) is 6.92 Å². The molecule has 0 aliphatic heterocycles. The summed E-state index contributed by atoms with van der Waals surface area (Å²) in [6, 6.07) is 0. The van der Waals surface area contributed by atoms with Crippen molar-refractivity contribution in [2.24, 2.45) is 0 Å². The van der Waals surface area contributed by atoms with Gasteiger partial charge in [0.25, 0.3) is 0 Å². The molecule has 0 unspecified atom stereocenters. The van der Waals surface area contributed by atoms with Gasteiger partial charge in [-0.3, -0.25) is 4.68 Å². The normalized spacial score (nSPS) is 10.3. The Balaban J connectivity index is 2.18. The predicted octanol–water partition coefficient (Wildman–Crippen LogP) is 2.09. The first-order chi connectivity index (χ1) is 7.29. The first-order valence-corrected chi connectivity index (χ1v) is 4.92. The monoisotopic (exact) mass is 223 g/mol. The highest BCUT2D eigenvalue weighted by Gasteiger charge is 2.02. The lowest BCUT2D eigenvalue weighted by atomic mass is 10.5. The van der Waals surface area contributed by atoms with Crippen molar-refractivity contribution >= 4 is 23.1 Å². The average Bonchev–Trinajstić information content (AvgIpc) is 2.69. The summed E-state index contributed by atoms with van der Waals surface area (Å²) in [6.45, 7) is 2.85. The van der Waals surface area contributed by atoms with Crippen LogP contribution in [0.4, 0.5) is 11.5 Å². The summed E-state index contributed by atoms with van der Waals surface area (Å²) in [4.78, 5) is 7.82. The summed E-state index contributed by atoms with van der Waals surface area (Å²) in [5.74, 6) is 0.585. The number of anilines is 2. The highest BCUT2D eigenvalue weighted by Crippen LogP contribution is 2.20. The van der Waals surface area contributed by atoms with E-state index in [1.165, 1.54) is 6.33 Å². The third-order valence-corrected chi connectivity index (χ3v) is 2.16. The van der Waals surface area contributed by atoms with Gasteiger partial charge < -0.3 is 5.32 Å². The minimum absolute atomic E-state index is 0.488. The second kappa shape index (κ2) is 4.27. The summed E-state index contributed by atoms with van der Waals surface area (Å²) < 4.78 is 1.82. The third-order valence-electron chi connectivity index (χ3n) is 1.89. The van der Waals surface area contributed by atoms with Crippen molar-refractivity contribution < 1.29 is 0 Å². The van der Waals surface area contributed by atoms with Crippen LogP contribution in [0.15, 0.2) is 24.9 Å². The Morgan fingerprint density at radius 1 is 1.47 bits per heavy atom. The molecule has 0 spiro atoms. The third kappa shape index (κ3) is 2.24. The summed E-state index contributed by atoms with van der Waals surface area (Å²) in [6.07, 6.45) is 6.60. The Kier molecular flexibility index (Phi) is 2.82. The van der Waals surface area contributed by atoms with Gasteiger partial charge in [0.2, 0.25) is 0 Å². The maximum absolute atomic E-state index is 5.90. The number of nitrogens with one attached hydrogen (secondary N) is 1. The number of hydrogen-bond acceptors (Lipinski definition) is 4. The molecule has 2 rings (SSSR count). The molecule has 1 N–H and O–H groups in total. The number of halogens is 1. The van der Waals surface area contributed by atoms with Gasteiger partial charge in [0.05, 0.1) is 18.1 Å². The number of hydrogen-bond donors (Lipinski definition) is 1. The van der Waals surface area contributed by atoms with Crippen LogP contribution < -0.4 is 5.32 Å². The Morgan fingerprint density at radius 2 is 2.33 bits per heavy atom. The van der Waals surface area contributed by atoms with Crippen LogP contribution in [0.3, 0.4) is 0 Å². The summed E-state index contributed by atoms with van der Waals surface area (Å²) in [5.41, 5.74) is 0.859. The van der Waals surface area contributed by atoms with E-state index in [4.69, 9.17) is 11.6 Å². The molecule has 0 fully saturated rings. The molecule has 2 aromatic rings. The zero-order valence-electron chi connectivity index (χ0n) is 8.18. The molecule has 0 aromatic carbocycles. The molecular weight excluding hydrogens is 214 g/mol. The molecule has 0 radical (unpaired) electrons. The van der Waals surface area contributed by atoms with Gasteiger partial charge in [0, 0.05) is 12.7 Å². The molecule has 0 saturated carbocycles. The fraction of sp³-hybridized carbons (Fsp3) is 0.222. The largest absolute Gasteiger partial charge is 0.336 e. The fourth-order valence-corrected chi connectivity index (χ4v) is 1.29. The van der Waals surface area contributed by atoms with Crippen molar-refractivity contribution in [2.75, 3.05) is 5.32 Å². The van der Waals surface area contributed by atoms with Crippen LogP contribution in [0, 0.1) is 0 Å². The number of aryl methyl sites for hydroxylation is 1. The van der Waals surface area contributed by atoms with E-state index >= 15 is 0 Å². The van der Waals surface area contributed by atoms with Gasteiger partial charge in [0.15, 0.2) is 5.82 Å². The standard InChI is InChI=1S/C9H10ClN5/c1-2-15-5-7(3-13-15)14-9-8(10)4-11-6-12-9/h3-6H,2H2,1H3,(H,11,12,14). The van der Waals surface area contributed by atoms with E-state index in [9.17, 15) is 0 Å². The quantitative estimate of drug-likeness (QED) is 0.866. The SMILES string of the molecule is CCn1cc(Nc2ncncc2Cl)cn1. The molecule has 2 heterocycles. The predicted molar refractivity (Wildman–Crippen MR) is 58.2 cm³/mol. The van der Waals surface area contributed by atoms with E-state index in [2.05, 4.69) is 20.4 Å². The first kappa shape index (κ1) is 9.92. The molecule has 2 aromatic heterocycles. The lowest BCUT2D eigenvalue weighted by Gasteiger charge is -2.02. The number of rotatable bonds is 3. The van der Waals surface area contributed by atoms with E-state index in [-0.39, 0.29) is 0 Å². The lowest BCUT2D eigenvalue weighted by molar-refractivity contribution is 0.660. The van der Waals surface area contributed by atoms with E-state index < -0.39 is 0 Å². The van der Waals surface area contributed by atoms with Crippen LogP contribution in [0.1, 0.15) is 6.92 Å². The zero-order chi connectivity index (χ0) is 10.7. The van der Waals surface area contributed by atoms with Crippen LogP contribution in [0.5, 0.6) is 0 Å². The van der Waals surface area contributed by atoms with Gasteiger partial charge in [-0.1, -0.05) is 11.6 Å². The number of nitrogens with zero attached hydrogens (tertiary/aromatic N) is 4. The van der Waals surface area contributed by atoms with Crippen LogP contribution in [0.25, 0.3) is 0 Å². The Hall–Kier alpha value is -1.62. The van der Waals surface area contributed by atoms with Crippen molar-refractivity contribution in [3.63, 3.8) is 0 Å². The fourth-order valence-electron chi connectivity index (χ4n) is 1.14. The smallest absolute Gasteiger partial charge is 0.152 e. The molecule has 0 aliphatic rings. The zero-order valence-corrected chi connectivity index (χ0v) is 8.94. The molecule has 5 nitrogen and oxygen atoms in total. The van der Waals surface area contributed by atoms with Gasteiger partial charge in [-0.2, -0.15) is 5.10 Å². The van der Waals surface area contributed by atoms with Crippen molar-refractivity contribution in [1.82, 2.24) is 19.7 Å². The van der Waals surface area contributed by atoms with Crippen molar-refractivity contribution in [2.45, 2.75) is 13.5 Å². The van der Waals surface area contributed by atoms with Crippen LogP contribution in [-0.4, -0.2) is 19.7 Å². The molecule has 0 bridgehead atoms.